The fourth-order valence-electron chi connectivity index (χ4n) is 8.87. The highest BCUT2D eigenvalue weighted by atomic mass is 19.1. The lowest BCUT2D eigenvalue weighted by atomic mass is 9.73. The third-order valence-corrected chi connectivity index (χ3v) is 12.3. The molecule has 15 nitrogen and oxygen atoms in total. The van der Waals surface area contributed by atoms with Gasteiger partial charge in [-0.2, -0.15) is 0 Å². The minimum atomic E-state index is -3.18. The van der Waals surface area contributed by atoms with Crippen LogP contribution in [-0.2, 0) is 42.8 Å². The Kier molecular flexibility index (Phi) is 14.1. The summed E-state index contributed by atoms with van der Waals surface area (Å²) in [5, 5.41) is 16.6. The molecule has 16 heteroatoms. The summed E-state index contributed by atoms with van der Waals surface area (Å²) in [6.07, 6.45) is -1.65. The molecule has 1 aromatic carbocycles. The van der Waals surface area contributed by atoms with Crippen LogP contribution in [0.4, 0.5) is 9.18 Å². The first-order chi connectivity index (χ1) is 27.7. The first-order valence-electron chi connectivity index (χ1n) is 20.2. The number of pyridine rings is 1. The molecule has 59 heavy (non-hydrogen) atoms. The molecule has 2 N–H and O–H groups in total. The summed E-state index contributed by atoms with van der Waals surface area (Å²) in [5.41, 5.74) is -4.46. The number of esters is 1. The number of hydrogen-bond donors (Lipinski definition) is 2. The standard InChI is InChI=1S/C43H60FN3O12/c1-12-32-43(8)37(58-40(52)59-43)25(4)33(46-54-19-13-14-27-15-16-29-28(21-27)31(48)17-18-45-29)23(2)22-41(6,53-11)36(26(5)35(50)42(7,44)39(51)56-32)57-38-34(49)30(47(9)10)20-24(3)55-38/h13-18,21,23-26,30,32,34,36-38,49H,12,19-20,22H2,1-11H3,(H,45,48)/b14-13+,46-33+/t23-,24-,25+,26+,30+,32-,34-,36-,37-,38+,41-,42+,43-/m1/s1. The number of nitrogens with zero attached hydrogens (tertiary/aromatic N) is 2. The number of H-pyrrole nitrogens is 1. The Hall–Kier alpha value is -4.22. The molecule has 1 aromatic heterocycles. The zero-order chi connectivity index (χ0) is 43.6. The van der Waals surface area contributed by atoms with E-state index in [1.165, 1.54) is 27.0 Å². The Labute approximate surface area is 344 Å². The van der Waals surface area contributed by atoms with Gasteiger partial charge in [-0.25, -0.2) is 14.0 Å². The van der Waals surface area contributed by atoms with E-state index in [0.717, 1.165) is 12.5 Å². The number of methoxy groups -OCH3 is 1. The molecular weight excluding hydrogens is 769 g/mol. The number of halogens is 1. The van der Waals surface area contributed by atoms with Gasteiger partial charge < -0.3 is 48.2 Å². The molecule has 0 radical (unpaired) electrons. The maximum atomic E-state index is 16.8. The molecule has 3 aliphatic rings. The van der Waals surface area contributed by atoms with Crippen LogP contribution in [0.5, 0.6) is 0 Å². The third kappa shape index (κ3) is 9.41. The van der Waals surface area contributed by atoms with Crippen LogP contribution < -0.4 is 5.43 Å². The van der Waals surface area contributed by atoms with Crippen LogP contribution in [0.15, 0.2) is 46.5 Å². The van der Waals surface area contributed by atoms with E-state index >= 15 is 4.39 Å². The number of aliphatic hydroxyl groups is 1. The number of ketones is 1. The second-order valence-electron chi connectivity index (χ2n) is 16.9. The Bertz CT molecular complexity index is 1970. The summed E-state index contributed by atoms with van der Waals surface area (Å²) < 4.78 is 52.8. The van der Waals surface area contributed by atoms with Gasteiger partial charge in [-0.05, 0) is 84.8 Å². The number of nitrogens with one attached hydrogen (secondary N) is 1. The lowest BCUT2D eigenvalue weighted by Gasteiger charge is -2.47. The molecule has 2 aromatic rings. The summed E-state index contributed by atoms with van der Waals surface area (Å²) in [6, 6.07) is 6.53. The smallest absolute Gasteiger partial charge is 0.455 e. The van der Waals surface area contributed by atoms with Crippen molar-refractivity contribution in [3.63, 3.8) is 0 Å². The predicted octanol–water partition coefficient (Wildman–Crippen LogP) is 5.36. The molecule has 0 aliphatic carbocycles. The van der Waals surface area contributed by atoms with Crippen molar-refractivity contribution in [3.05, 3.63) is 52.3 Å². The summed E-state index contributed by atoms with van der Waals surface area (Å²) in [5.74, 6) is -5.28. The van der Waals surface area contributed by atoms with E-state index in [0.29, 0.717) is 23.0 Å². The Morgan fingerprint density at radius 3 is 2.42 bits per heavy atom. The van der Waals surface area contributed by atoms with Crippen LogP contribution in [0.1, 0.15) is 80.2 Å². The molecule has 0 saturated carbocycles. The molecule has 3 fully saturated rings. The molecule has 3 saturated heterocycles. The highest BCUT2D eigenvalue weighted by molar-refractivity contribution is 6.08. The summed E-state index contributed by atoms with van der Waals surface area (Å²) in [4.78, 5) is 64.1. The molecule has 0 unspecified atom stereocenters. The number of benzene rings is 1. The monoisotopic (exact) mass is 829 g/mol. The second kappa shape index (κ2) is 18.2. The van der Waals surface area contributed by atoms with Crippen molar-refractivity contribution in [2.75, 3.05) is 27.8 Å². The third-order valence-electron chi connectivity index (χ3n) is 12.3. The number of carbonyl (C=O) groups is 3. The lowest BCUT2D eigenvalue weighted by Crippen LogP contribution is -2.61. The molecular formula is C43H60FN3O12. The number of ether oxygens (including phenoxy) is 6. The Morgan fingerprint density at radius 1 is 1.05 bits per heavy atom. The number of oxime groups is 1. The number of cyclic esters (lactones) is 1. The number of alkyl halides is 1. The SMILES string of the molecule is CC[C@H]1OC(=O)[C@@](C)(F)C(=O)[C@H](C)[C@@H](O[C@@H]2O[C@H](C)C[C@H](N(C)C)[C@H]2O)[C@](C)(OC)C[C@@H](C)/C(=N\OC/C=C/c2ccc3[nH]ccc(=O)c3c2)[C@H](C)[C@H]2OC(=O)O[C@@]21C. The van der Waals surface area contributed by atoms with Crippen molar-refractivity contribution < 1.29 is 57.1 Å². The van der Waals surface area contributed by atoms with Crippen molar-refractivity contribution >= 4 is 40.6 Å². The number of carbonyl (C=O) groups excluding carboxylic acids is 3. The molecule has 0 spiro atoms. The molecule has 13 atom stereocenters. The van der Waals surface area contributed by atoms with E-state index in [2.05, 4.69) is 10.1 Å². The van der Waals surface area contributed by atoms with Gasteiger partial charge in [-0.1, -0.05) is 45.0 Å². The fourth-order valence-corrected chi connectivity index (χ4v) is 8.87. The number of rotatable bonds is 9. The van der Waals surface area contributed by atoms with Crippen LogP contribution in [0.3, 0.4) is 0 Å². The number of hydrogen-bond acceptors (Lipinski definition) is 14. The van der Waals surface area contributed by atoms with Gasteiger partial charge in [0.2, 0.25) is 0 Å². The van der Waals surface area contributed by atoms with Crippen molar-refractivity contribution in [2.24, 2.45) is 22.9 Å². The topological polar surface area (TPSA) is 185 Å². The summed E-state index contributed by atoms with van der Waals surface area (Å²) in [6.45, 7) is 12.6. The van der Waals surface area contributed by atoms with Gasteiger partial charge in [-0.15, -0.1) is 0 Å². The van der Waals surface area contributed by atoms with E-state index in [4.69, 9.17) is 33.3 Å². The van der Waals surface area contributed by atoms with Crippen LogP contribution in [0.2, 0.25) is 0 Å². The number of aromatic amines is 1. The highest BCUT2D eigenvalue weighted by Gasteiger charge is 2.60. The largest absolute Gasteiger partial charge is 0.509 e. The minimum Gasteiger partial charge on any atom is -0.455 e. The van der Waals surface area contributed by atoms with Crippen molar-refractivity contribution in [1.82, 2.24) is 9.88 Å². The Balaban J connectivity index is 1.56. The van der Waals surface area contributed by atoms with Crippen LogP contribution >= 0.6 is 0 Å². The molecule has 5 rings (SSSR count). The molecule has 326 valence electrons. The zero-order valence-corrected chi connectivity index (χ0v) is 35.9. The first-order valence-corrected chi connectivity index (χ1v) is 20.2. The minimum absolute atomic E-state index is 0.00950. The van der Waals surface area contributed by atoms with Gasteiger partial charge in [0.1, 0.15) is 18.8 Å². The Morgan fingerprint density at radius 2 is 1.76 bits per heavy atom. The maximum Gasteiger partial charge on any atom is 0.509 e. The highest BCUT2D eigenvalue weighted by Crippen LogP contribution is 2.43. The second-order valence-corrected chi connectivity index (χ2v) is 16.9. The quantitative estimate of drug-likeness (QED) is 0.143. The zero-order valence-electron chi connectivity index (χ0n) is 35.9. The normalized spacial score (nSPS) is 38.2. The maximum absolute atomic E-state index is 16.8. The molecule has 0 bridgehead atoms. The van der Waals surface area contributed by atoms with Gasteiger partial charge in [0, 0.05) is 54.1 Å². The van der Waals surface area contributed by atoms with E-state index in [-0.39, 0.29) is 37.0 Å². The lowest BCUT2D eigenvalue weighted by molar-refractivity contribution is -0.295. The number of Topliss-reactive ketones (excluding diaryl/α,β-unsaturated/α-hetero) is 1. The van der Waals surface area contributed by atoms with Crippen LogP contribution in [-0.4, -0.2) is 126 Å². The average molecular weight is 830 g/mol. The van der Waals surface area contributed by atoms with Crippen molar-refractivity contribution in [1.29, 1.82) is 0 Å². The van der Waals surface area contributed by atoms with Gasteiger partial charge in [-0.3, -0.25) is 9.59 Å². The fraction of sp³-hybridized carbons (Fsp3) is 0.651. The molecule has 0 amide bonds. The number of likely N-dealkylation sites (N-methyl/N-ethyl adjacent to an activating group) is 1. The van der Waals surface area contributed by atoms with Gasteiger partial charge in [0.25, 0.3) is 5.67 Å². The van der Waals surface area contributed by atoms with Gasteiger partial charge in [0.15, 0.2) is 29.2 Å². The van der Waals surface area contributed by atoms with Crippen LogP contribution in [0.25, 0.3) is 17.0 Å². The van der Waals surface area contributed by atoms with E-state index in [1.807, 2.05) is 45.0 Å². The van der Waals surface area contributed by atoms with E-state index in [1.54, 1.807) is 45.2 Å². The van der Waals surface area contributed by atoms with Gasteiger partial charge >= 0.3 is 12.1 Å². The molecule has 4 heterocycles. The van der Waals surface area contributed by atoms with E-state index in [9.17, 15) is 24.3 Å². The average Bonchev–Trinajstić information content (AvgIpc) is 3.50. The van der Waals surface area contributed by atoms with Crippen molar-refractivity contribution in [2.45, 2.75) is 134 Å². The van der Waals surface area contributed by atoms with Crippen LogP contribution in [0, 0.1) is 17.8 Å². The summed E-state index contributed by atoms with van der Waals surface area (Å²) in [7, 11) is 5.07. The van der Waals surface area contributed by atoms with E-state index < -0.39 is 83.2 Å². The molecule has 3 aliphatic heterocycles. The van der Waals surface area contributed by atoms with Gasteiger partial charge in [0.05, 0.1) is 23.5 Å². The van der Waals surface area contributed by atoms with Crippen molar-refractivity contribution in [3.8, 4) is 0 Å². The summed E-state index contributed by atoms with van der Waals surface area (Å²) >= 11 is 0. The first kappa shape index (κ1) is 45.9. The predicted molar refractivity (Wildman–Crippen MR) is 216 cm³/mol. The number of aromatic nitrogens is 1. The number of fused-ring (bicyclic) bond motifs is 2. The number of aliphatic hydroxyl groups excluding tert-OH is 1.